The quantitative estimate of drug-likeness (QED) is 0.739. The highest BCUT2D eigenvalue weighted by Gasteiger charge is 2.14. The SMILES string of the molecule is C=Cc1ccc(C=C)c(C(=O)c2ccco2)c1. The van der Waals surface area contributed by atoms with Crippen LogP contribution in [-0.2, 0) is 0 Å². The molecule has 2 heteroatoms. The van der Waals surface area contributed by atoms with E-state index >= 15 is 0 Å². The molecule has 17 heavy (non-hydrogen) atoms. The third-order valence-corrected chi connectivity index (χ3v) is 2.52. The van der Waals surface area contributed by atoms with E-state index in [0.29, 0.717) is 11.3 Å². The lowest BCUT2D eigenvalue weighted by Crippen LogP contribution is -2.02. The molecule has 0 amide bonds. The van der Waals surface area contributed by atoms with Crippen LogP contribution in [0.3, 0.4) is 0 Å². The first-order valence-electron chi connectivity index (χ1n) is 5.23. The maximum absolute atomic E-state index is 12.2. The molecule has 2 nitrogen and oxygen atoms in total. The van der Waals surface area contributed by atoms with Crippen molar-refractivity contribution in [2.24, 2.45) is 0 Å². The van der Waals surface area contributed by atoms with Crippen LogP contribution in [-0.4, -0.2) is 5.78 Å². The predicted octanol–water partition coefficient (Wildman–Crippen LogP) is 3.80. The average Bonchev–Trinajstić information content (AvgIpc) is 2.91. The van der Waals surface area contributed by atoms with Crippen LogP contribution in [0.2, 0.25) is 0 Å². The van der Waals surface area contributed by atoms with E-state index in [1.807, 2.05) is 12.1 Å². The van der Waals surface area contributed by atoms with Gasteiger partial charge in [0.25, 0.3) is 0 Å². The molecule has 0 saturated heterocycles. The van der Waals surface area contributed by atoms with Crippen LogP contribution < -0.4 is 0 Å². The predicted molar refractivity (Wildman–Crippen MR) is 68.8 cm³/mol. The van der Waals surface area contributed by atoms with Crippen LogP contribution in [0.5, 0.6) is 0 Å². The Kier molecular flexibility index (Phi) is 3.06. The fourth-order valence-electron chi connectivity index (χ4n) is 1.62. The molecule has 0 spiro atoms. The number of ketones is 1. The van der Waals surface area contributed by atoms with Gasteiger partial charge in [-0.1, -0.05) is 37.4 Å². The summed E-state index contributed by atoms with van der Waals surface area (Å²) in [5.74, 6) is 0.183. The van der Waals surface area contributed by atoms with Gasteiger partial charge in [0.2, 0.25) is 5.78 Å². The molecular weight excluding hydrogens is 212 g/mol. The van der Waals surface area contributed by atoms with Crippen LogP contribution in [0.15, 0.2) is 54.2 Å². The van der Waals surface area contributed by atoms with E-state index in [-0.39, 0.29) is 5.78 Å². The summed E-state index contributed by atoms with van der Waals surface area (Å²) in [4.78, 5) is 12.2. The third kappa shape index (κ3) is 2.11. The Morgan fingerprint density at radius 2 is 2.00 bits per heavy atom. The number of rotatable bonds is 4. The standard InChI is InChI=1S/C15H12O2/c1-3-11-7-8-12(4-2)13(10-11)15(16)14-6-5-9-17-14/h3-10H,1-2H2. The largest absolute Gasteiger partial charge is 0.461 e. The van der Waals surface area contributed by atoms with Gasteiger partial charge in [0, 0.05) is 5.56 Å². The van der Waals surface area contributed by atoms with Crippen LogP contribution in [0.1, 0.15) is 27.2 Å². The van der Waals surface area contributed by atoms with Crippen LogP contribution in [0.4, 0.5) is 0 Å². The lowest BCUT2D eigenvalue weighted by Gasteiger charge is -2.04. The third-order valence-electron chi connectivity index (χ3n) is 2.52. The summed E-state index contributed by atoms with van der Waals surface area (Å²) in [6.07, 6.45) is 4.84. The second-order valence-electron chi connectivity index (χ2n) is 3.56. The highest BCUT2D eigenvalue weighted by atomic mass is 16.3. The number of hydrogen-bond donors (Lipinski definition) is 0. The normalized spacial score (nSPS) is 9.88. The monoisotopic (exact) mass is 224 g/mol. The fraction of sp³-hybridized carbons (Fsp3) is 0. The molecule has 0 saturated carbocycles. The lowest BCUT2D eigenvalue weighted by molar-refractivity contribution is 0.101. The molecule has 2 aromatic rings. The van der Waals surface area contributed by atoms with Crippen molar-refractivity contribution in [3.8, 4) is 0 Å². The molecule has 0 fully saturated rings. The van der Waals surface area contributed by atoms with Crippen LogP contribution >= 0.6 is 0 Å². The Hall–Kier alpha value is -2.35. The molecule has 84 valence electrons. The molecule has 0 atom stereocenters. The zero-order valence-corrected chi connectivity index (χ0v) is 9.35. The molecule has 0 bridgehead atoms. The van der Waals surface area contributed by atoms with Gasteiger partial charge in [-0.05, 0) is 29.3 Å². The molecular formula is C15H12O2. The van der Waals surface area contributed by atoms with Crippen LogP contribution in [0, 0.1) is 0 Å². The van der Waals surface area contributed by atoms with Crippen molar-refractivity contribution in [1.29, 1.82) is 0 Å². The Balaban J connectivity index is 2.53. The first-order valence-corrected chi connectivity index (χ1v) is 5.23. The summed E-state index contributed by atoms with van der Waals surface area (Å²) in [5, 5.41) is 0. The molecule has 0 N–H and O–H groups in total. The highest BCUT2D eigenvalue weighted by molar-refractivity contribution is 6.09. The Morgan fingerprint density at radius 3 is 2.59 bits per heavy atom. The number of furan rings is 1. The number of hydrogen-bond acceptors (Lipinski definition) is 2. The van der Waals surface area contributed by atoms with E-state index in [1.165, 1.54) is 6.26 Å². The number of benzene rings is 1. The minimum atomic E-state index is -0.145. The van der Waals surface area contributed by atoms with Crippen molar-refractivity contribution in [1.82, 2.24) is 0 Å². The van der Waals surface area contributed by atoms with Crippen molar-refractivity contribution in [2.45, 2.75) is 0 Å². The van der Waals surface area contributed by atoms with E-state index in [1.54, 1.807) is 30.4 Å². The Labute approximate surface area is 99.9 Å². The maximum Gasteiger partial charge on any atom is 0.228 e. The van der Waals surface area contributed by atoms with E-state index < -0.39 is 0 Å². The van der Waals surface area contributed by atoms with Crippen LogP contribution in [0.25, 0.3) is 12.2 Å². The van der Waals surface area contributed by atoms with Crippen molar-refractivity contribution in [3.05, 3.63) is 72.2 Å². The first-order chi connectivity index (χ1) is 8.26. The van der Waals surface area contributed by atoms with Gasteiger partial charge in [-0.2, -0.15) is 0 Å². The molecule has 1 aromatic heterocycles. The summed E-state index contributed by atoms with van der Waals surface area (Å²) in [7, 11) is 0. The summed E-state index contributed by atoms with van der Waals surface area (Å²) in [5.41, 5.74) is 2.26. The molecule has 1 aromatic carbocycles. The summed E-state index contributed by atoms with van der Waals surface area (Å²) in [6.45, 7) is 7.39. The molecule has 0 unspecified atom stereocenters. The molecule has 0 aliphatic rings. The molecule has 0 aliphatic carbocycles. The van der Waals surface area contributed by atoms with Crippen molar-refractivity contribution >= 4 is 17.9 Å². The van der Waals surface area contributed by atoms with E-state index in [4.69, 9.17) is 4.42 Å². The van der Waals surface area contributed by atoms with E-state index in [0.717, 1.165) is 11.1 Å². The molecule has 0 aliphatic heterocycles. The smallest absolute Gasteiger partial charge is 0.228 e. The topological polar surface area (TPSA) is 30.2 Å². The zero-order valence-electron chi connectivity index (χ0n) is 9.35. The number of carbonyl (C=O) groups excluding carboxylic acids is 1. The minimum absolute atomic E-state index is 0.145. The van der Waals surface area contributed by atoms with Gasteiger partial charge < -0.3 is 4.42 Å². The van der Waals surface area contributed by atoms with E-state index in [9.17, 15) is 4.79 Å². The zero-order chi connectivity index (χ0) is 12.3. The van der Waals surface area contributed by atoms with E-state index in [2.05, 4.69) is 13.2 Å². The summed E-state index contributed by atoms with van der Waals surface area (Å²) in [6, 6.07) is 8.87. The van der Waals surface area contributed by atoms with Gasteiger partial charge in [0.05, 0.1) is 6.26 Å². The molecule has 0 radical (unpaired) electrons. The minimum Gasteiger partial charge on any atom is -0.461 e. The molecule has 2 rings (SSSR count). The number of carbonyl (C=O) groups is 1. The van der Waals surface area contributed by atoms with Gasteiger partial charge in [0.1, 0.15) is 0 Å². The van der Waals surface area contributed by atoms with Gasteiger partial charge in [0.15, 0.2) is 5.76 Å². The van der Waals surface area contributed by atoms with Gasteiger partial charge in [-0.25, -0.2) is 0 Å². The van der Waals surface area contributed by atoms with Gasteiger partial charge in [-0.3, -0.25) is 4.79 Å². The lowest BCUT2D eigenvalue weighted by atomic mass is 9.99. The Bertz CT molecular complexity index is 563. The van der Waals surface area contributed by atoms with Gasteiger partial charge >= 0.3 is 0 Å². The van der Waals surface area contributed by atoms with Crippen molar-refractivity contribution < 1.29 is 9.21 Å². The van der Waals surface area contributed by atoms with Crippen molar-refractivity contribution in [3.63, 3.8) is 0 Å². The fourth-order valence-corrected chi connectivity index (χ4v) is 1.62. The second kappa shape index (κ2) is 4.66. The van der Waals surface area contributed by atoms with Crippen molar-refractivity contribution in [2.75, 3.05) is 0 Å². The second-order valence-corrected chi connectivity index (χ2v) is 3.56. The Morgan fingerprint density at radius 1 is 1.18 bits per heavy atom. The highest BCUT2D eigenvalue weighted by Crippen LogP contribution is 2.18. The first kappa shape index (κ1) is 11.1. The maximum atomic E-state index is 12.2. The summed E-state index contributed by atoms with van der Waals surface area (Å²) >= 11 is 0. The summed E-state index contributed by atoms with van der Waals surface area (Å²) < 4.78 is 5.11. The average molecular weight is 224 g/mol. The molecule has 1 heterocycles. The van der Waals surface area contributed by atoms with Gasteiger partial charge in [-0.15, -0.1) is 0 Å².